The maximum absolute atomic E-state index is 11.4. The van der Waals surface area contributed by atoms with Crippen LogP contribution in [0.25, 0.3) is 0 Å². The van der Waals surface area contributed by atoms with Gasteiger partial charge in [0.2, 0.25) is 0 Å². The first-order valence-corrected chi connectivity index (χ1v) is 5.97. The molecule has 0 aliphatic carbocycles. The summed E-state index contributed by atoms with van der Waals surface area (Å²) in [6.45, 7) is 3.67. The molecule has 17 heavy (non-hydrogen) atoms. The Morgan fingerprint density at radius 1 is 1.24 bits per heavy atom. The van der Waals surface area contributed by atoms with E-state index < -0.39 is 0 Å². The minimum Gasteiger partial charge on any atom is -0.469 e. The van der Waals surface area contributed by atoms with Crippen molar-refractivity contribution in [1.29, 1.82) is 0 Å². The number of carbonyl (C=O) groups excluding carboxylic acids is 2. The first kappa shape index (κ1) is 14.0. The van der Waals surface area contributed by atoms with Crippen LogP contribution in [0.15, 0.2) is 0 Å². The van der Waals surface area contributed by atoms with E-state index in [0.717, 1.165) is 25.9 Å². The molecule has 5 heteroatoms. The molecule has 0 radical (unpaired) electrons. The monoisotopic (exact) mass is 243 g/mol. The van der Waals surface area contributed by atoms with Crippen molar-refractivity contribution in [2.75, 3.05) is 27.3 Å². The van der Waals surface area contributed by atoms with Gasteiger partial charge in [-0.2, -0.15) is 0 Å². The van der Waals surface area contributed by atoms with Gasteiger partial charge in [0, 0.05) is 6.04 Å². The smallest absolute Gasteiger partial charge is 0.308 e. The summed E-state index contributed by atoms with van der Waals surface area (Å²) in [6.07, 6.45) is 2.01. The molecule has 0 saturated carbocycles. The predicted molar refractivity (Wildman–Crippen MR) is 62.4 cm³/mol. The van der Waals surface area contributed by atoms with Gasteiger partial charge in [0.05, 0.1) is 26.6 Å². The average molecular weight is 243 g/mol. The number of hydrogen-bond acceptors (Lipinski definition) is 5. The zero-order chi connectivity index (χ0) is 12.8. The Labute approximate surface area is 102 Å². The Hall–Kier alpha value is -1.10. The summed E-state index contributed by atoms with van der Waals surface area (Å²) in [5, 5.41) is 0. The number of piperidine rings is 1. The molecule has 5 nitrogen and oxygen atoms in total. The van der Waals surface area contributed by atoms with E-state index in [-0.39, 0.29) is 23.9 Å². The van der Waals surface area contributed by atoms with Gasteiger partial charge in [-0.25, -0.2) is 0 Å². The summed E-state index contributed by atoms with van der Waals surface area (Å²) in [5.41, 5.74) is 0. The Kier molecular flexibility index (Phi) is 5.41. The van der Waals surface area contributed by atoms with Gasteiger partial charge in [-0.3, -0.25) is 9.59 Å². The molecule has 1 atom stereocenters. The van der Waals surface area contributed by atoms with Gasteiger partial charge >= 0.3 is 11.9 Å². The summed E-state index contributed by atoms with van der Waals surface area (Å²) >= 11 is 0. The molecule has 0 N–H and O–H groups in total. The van der Waals surface area contributed by atoms with E-state index in [1.165, 1.54) is 14.2 Å². The zero-order valence-electron chi connectivity index (χ0n) is 10.8. The summed E-state index contributed by atoms with van der Waals surface area (Å²) in [6, 6.07) is 0.168. The van der Waals surface area contributed by atoms with Crippen LogP contribution in [-0.2, 0) is 19.1 Å². The molecule has 1 fully saturated rings. The molecule has 0 spiro atoms. The highest BCUT2D eigenvalue weighted by molar-refractivity contribution is 5.72. The van der Waals surface area contributed by atoms with E-state index in [2.05, 4.69) is 9.64 Å². The van der Waals surface area contributed by atoms with Crippen LogP contribution in [0.1, 0.15) is 26.2 Å². The molecule has 0 aromatic heterocycles. The Balaban J connectivity index is 2.36. The number of ether oxygens (including phenoxy) is 2. The van der Waals surface area contributed by atoms with Crippen LogP contribution in [0.5, 0.6) is 0 Å². The van der Waals surface area contributed by atoms with Crippen molar-refractivity contribution in [3.63, 3.8) is 0 Å². The maximum Gasteiger partial charge on any atom is 0.308 e. The van der Waals surface area contributed by atoms with E-state index in [4.69, 9.17) is 4.74 Å². The fraction of sp³-hybridized carbons (Fsp3) is 0.833. The number of esters is 2. The number of carbonyl (C=O) groups is 2. The maximum atomic E-state index is 11.4. The summed E-state index contributed by atoms with van der Waals surface area (Å²) in [5.74, 6) is -0.292. The molecule has 0 amide bonds. The largest absolute Gasteiger partial charge is 0.469 e. The van der Waals surface area contributed by atoms with Gasteiger partial charge in [0.15, 0.2) is 0 Å². The van der Waals surface area contributed by atoms with Gasteiger partial charge in [0.1, 0.15) is 0 Å². The summed E-state index contributed by atoms with van der Waals surface area (Å²) in [7, 11) is 2.83. The quantitative estimate of drug-likeness (QED) is 0.684. The van der Waals surface area contributed by atoms with E-state index in [9.17, 15) is 9.59 Å². The van der Waals surface area contributed by atoms with Crippen molar-refractivity contribution in [3.05, 3.63) is 0 Å². The molecule has 1 saturated heterocycles. The van der Waals surface area contributed by atoms with Crippen LogP contribution in [0.2, 0.25) is 0 Å². The van der Waals surface area contributed by atoms with Crippen molar-refractivity contribution >= 4 is 11.9 Å². The third-order valence-corrected chi connectivity index (χ3v) is 3.38. The van der Waals surface area contributed by atoms with E-state index in [1.54, 1.807) is 0 Å². The molecule has 0 bridgehead atoms. The third kappa shape index (κ3) is 4.00. The van der Waals surface area contributed by atoms with Crippen LogP contribution >= 0.6 is 0 Å². The first-order chi connectivity index (χ1) is 8.08. The van der Waals surface area contributed by atoms with Crippen LogP contribution in [0, 0.1) is 5.92 Å². The van der Waals surface area contributed by atoms with Crippen molar-refractivity contribution in [2.45, 2.75) is 32.2 Å². The van der Waals surface area contributed by atoms with Crippen molar-refractivity contribution < 1.29 is 19.1 Å². The first-order valence-electron chi connectivity index (χ1n) is 5.97. The zero-order valence-corrected chi connectivity index (χ0v) is 10.8. The van der Waals surface area contributed by atoms with Gasteiger partial charge in [-0.05, 0) is 32.9 Å². The van der Waals surface area contributed by atoms with Crippen molar-refractivity contribution in [1.82, 2.24) is 4.90 Å². The molecule has 1 aliphatic rings. The van der Waals surface area contributed by atoms with Gasteiger partial charge < -0.3 is 14.4 Å². The lowest BCUT2D eigenvalue weighted by atomic mass is 9.95. The summed E-state index contributed by atoms with van der Waals surface area (Å²) < 4.78 is 9.38. The fourth-order valence-corrected chi connectivity index (χ4v) is 2.20. The topological polar surface area (TPSA) is 55.8 Å². The minimum atomic E-state index is -0.187. The SMILES string of the molecule is COC(=O)CC(C)N1CCC(C(=O)OC)CC1. The molecular formula is C12H21NO4. The van der Waals surface area contributed by atoms with Gasteiger partial charge in [-0.15, -0.1) is 0 Å². The molecule has 1 heterocycles. The Morgan fingerprint density at radius 3 is 2.29 bits per heavy atom. The molecule has 0 aromatic rings. The highest BCUT2D eigenvalue weighted by atomic mass is 16.5. The van der Waals surface area contributed by atoms with Gasteiger partial charge in [0.25, 0.3) is 0 Å². The van der Waals surface area contributed by atoms with Crippen LogP contribution in [0.3, 0.4) is 0 Å². The number of hydrogen-bond donors (Lipinski definition) is 0. The predicted octanol–water partition coefficient (Wildman–Crippen LogP) is 0.823. The lowest BCUT2D eigenvalue weighted by Gasteiger charge is -2.34. The number of methoxy groups -OCH3 is 2. The summed E-state index contributed by atoms with van der Waals surface area (Å²) in [4.78, 5) is 24.7. The van der Waals surface area contributed by atoms with Crippen LogP contribution in [-0.4, -0.2) is 50.2 Å². The Bertz CT molecular complexity index is 272. The second-order valence-corrected chi connectivity index (χ2v) is 4.46. The highest BCUT2D eigenvalue weighted by Gasteiger charge is 2.28. The standard InChI is InChI=1S/C12H21NO4/c1-9(8-11(14)16-2)13-6-4-10(5-7-13)12(15)17-3/h9-10H,4-8H2,1-3H3. The highest BCUT2D eigenvalue weighted by Crippen LogP contribution is 2.21. The molecule has 1 unspecified atom stereocenters. The van der Waals surface area contributed by atoms with Gasteiger partial charge in [-0.1, -0.05) is 0 Å². The van der Waals surface area contributed by atoms with E-state index in [0.29, 0.717) is 6.42 Å². The van der Waals surface area contributed by atoms with E-state index >= 15 is 0 Å². The molecular weight excluding hydrogens is 222 g/mol. The average Bonchev–Trinajstić information content (AvgIpc) is 2.37. The molecule has 0 aromatic carbocycles. The fourth-order valence-electron chi connectivity index (χ4n) is 2.20. The van der Waals surface area contributed by atoms with E-state index in [1.807, 2.05) is 6.92 Å². The number of nitrogens with zero attached hydrogens (tertiary/aromatic N) is 1. The molecule has 98 valence electrons. The molecule has 1 rings (SSSR count). The lowest BCUT2D eigenvalue weighted by Crippen LogP contribution is -2.42. The van der Waals surface area contributed by atoms with Crippen LogP contribution in [0.4, 0.5) is 0 Å². The normalized spacial score (nSPS) is 19.7. The van der Waals surface area contributed by atoms with Crippen molar-refractivity contribution in [2.24, 2.45) is 5.92 Å². The second kappa shape index (κ2) is 6.59. The number of rotatable bonds is 4. The minimum absolute atomic E-state index is 0.0153. The lowest BCUT2D eigenvalue weighted by molar-refractivity contribution is -0.148. The second-order valence-electron chi connectivity index (χ2n) is 4.46. The van der Waals surface area contributed by atoms with Crippen LogP contribution < -0.4 is 0 Å². The van der Waals surface area contributed by atoms with Crippen molar-refractivity contribution in [3.8, 4) is 0 Å². The Morgan fingerprint density at radius 2 is 1.82 bits per heavy atom. The third-order valence-electron chi connectivity index (χ3n) is 3.38. The molecule has 1 aliphatic heterocycles. The number of likely N-dealkylation sites (tertiary alicyclic amines) is 1.